The molecular weight excluding hydrogens is 408 g/mol. The van der Waals surface area contributed by atoms with Crippen molar-refractivity contribution >= 4 is 22.5 Å². The average Bonchev–Trinajstić information content (AvgIpc) is 2.88. The highest BCUT2D eigenvalue weighted by Crippen LogP contribution is 2.26. The standard InChI is InChI=1S/C29H22N2O2/c32-29(30-23-15-17-24(18-16-23)33-20-21-9-3-1-4-10-21)26-19-28(22-11-5-2-6-12-22)31-27-14-8-7-13-25(26)27/h1-19H,20H2,(H,30,32). The number of benzene rings is 4. The van der Waals surface area contributed by atoms with Crippen molar-refractivity contribution < 1.29 is 9.53 Å². The number of pyridine rings is 1. The van der Waals surface area contributed by atoms with Gasteiger partial charge in [0.05, 0.1) is 16.8 Å². The summed E-state index contributed by atoms with van der Waals surface area (Å²) in [6, 6.07) is 36.9. The van der Waals surface area contributed by atoms with Crippen LogP contribution in [-0.2, 0) is 6.61 Å². The second-order valence-corrected chi connectivity index (χ2v) is 7.69. The molecule has 0 atom stereocenters. The molecule has 0 spiro atoms. The first-order chi connectivity index (χ1) is 16.3. The number of hydrogen-bond donors (Lipinski definition) is 1. The van der Waals surface area contributed by atoms with Gasteiger partial charge in [-0.1, -0.05) is 78.9 Å². The number of fused-ring (bicyclic) bond motifs is 1. The lowest BCUT2D eigenvalue weighted by Gasteiger charge is -2.11. The van der Waals surface area contributed by atoms with E-state index in [1.54, 1.807) is 0 Å². The van der Waals surface area contributed by atoms with E-state index in [0.717, 1.165) is 33.5 Å². The van der Waals surface area contributed by atoms with Gasteiger partial charge in [0.25, 0.3) is 5.91 Å². The van der Waals surface area contributed by atoms with Crippen molar-refractivity contribution in [1.82, 2.24) is 4.98 Å². The Kier molecular flexibility index (Phi) is 5.81. The predicted molar refractivity (Wildman–Crippen MR) is 132 cm³/mol. The highest BCUT2D eigenvalue weighted by Gasteiger charge is 2.14. The summed E-state index contributed by atoms with van der Waals surface area (Å²) in [5.41, 5.74) is 4.92. The summed E-state index contributed by atoms with van der Waals surface area (Å²) in [5, 5.41) is 3.82. The smallest absolute Gasteiger partial charge is 0.256 e. The first-order valence-corrected chi connectivity index (χ1v) is 10.8. The van der Waals surface area contributed by atoms with Gasteiger partial charge in [-0.15, -0.1) is 0 Å². The lowest BCUT2D eigenvalue weighted by molar-refractivity contribution is 0.102. The van der Waals surface area contributed by atoms with Crippen LogP contribution in [0.1, 0.15) is 15.9 Å². The minimum atomic E-state index is -0.177. The third-order valence-corrected chi connectivity index (χ3v) is 5.39. The molecule has 4 aromatic carbocycles. The number of carbonyl (C=O) groups is 1. The van der Waals surface area contributed by atoms with Gasteiger partial charge in [-0.3, -0.25) is 4.79 Å². The minimum Gasteiger partial charge on any atom is -0.489 e. The molecular formula is C29H22N2O2. The fraction of sp³-hybridized carbons (Fsp3) is 0.0345. The van der Waals surface area contributed by atoms with Crippen LogP contribution >= 0.6 is 0 Å². The summed E-state index contributed by atoms with van der Waals surface area (Å²) < 4.78 is 5.84. The van der Waals surface area contributed by atoms with Crippen molar-refractivity contribution in [2.75, 3.05) is 5.32 Å². The van der Waals surface area contributed by atoms with E-state index in [4.69, 9.17) is 9.72 Å². The molecule has 0 aliphatic carbocycles. The Balaban J connectivity index is 1.36. The van der Waals surface area contributed by atoms with Crippen molar-refractivity contribution in [1.29, 1.82) is 0 Å². The van der Waals surface area contributed by atoms with Crippen molar-refractivity contribution in [3.05, 3.63) is 126 Å². The van der Waals surface area contributed by atoms with Crippen LogP contribution in [0.2, 0.25) is 0 Å². The van der Waals surface area contributed by atoms with Crippen LogP contribution in [0, 0.1) is 0 Å². The number of amides is 1. The molecule has 1 N–H and O–H groups in total. The molecule has 0 aliphatic heterocycles. The first-order valence-electron chi connectivity index (χ1n) is 10.8. The zero-order valence-electron chi connectivity index (χ0n) is 17.9. The molecule has 0 aliphatic rings. The van der Waals surface area contributed by atoms with Gasteiger partial charge in [0.15, 0.2) is 0 Å². The van der Waals surface area contributed by atoms with E-state index in [9.17, 15) is 4.79 Å². The number of nitrogens with one attached hydrogen (secondary N) is 1. The van der Waals surface area contributed by atoms with Gasteiger partial charge in [-0.2, -0.15) is 0 Å². The van der Waals surface area contributed by atoms with E-state index in [1.807, 2.05) is 115 Å². The van der Waals surface area contributed by atoms with Crippen LogP contribution in [-0.4, -0.2) is 10.9 Å². The SMILES string of the molecule is O=C(Nc1ccc(OCc2ccccc2)cc1)c1cc(-c2ccccc2)nc2ccccc12. The number of para-hydroxylation sites is 1. The Bertz CT molecular complexity index is 1380. The summed E-state index contributed by atoms with van der Waals surface area (Å²) >= 11 is 0. The summed E-state index contributed by atoms with van der Waals surface area (Å²) in [5.74, 6) is 0.571. The molecule has 5 rings (SSSR count). The van der Waals surface area contributed by atoms with Crippen molar-refractivity contribution in [2.24, 2.45) is 0 Å². The van der Waals surface area contributed by atoms with Gasteiger partial charge in [-0.25, -0.2) is 4.98 Å². The van der Waals surface area contributed by atoms with E-state index in [-0.39, 0.29) is 5.91 Å². The lowest BCUT2D eigenvalue weighted by atomic mass is 10.0. The summed E-state index contributed by atoms with van der Waals surface area (Å²) in [7, 11) is 0. The molecule has 0 bridgehead atoms. The van der Waals surface area contributed by atoms with Gasteiger partial charge >= 0.3 is 0 Å². The largest absolute Gasteiger partial charge is 0.489 e. The number of rotatable bonds is 6. The van der Waals surface area contributed by atoms with Crippen LogP contribution in [0.25, 0.3) is 22.2 Å². The predicted octanol–water partition coefficient (Wildman–Crippen LogP) is 6.73. The number of ether oxygens (including phenoxy) is 1. The minimum absolute atomic E-state index is 0.177. The van der Waals surface area contributed by atoms with Crippen LogP contribution in [0.15, 0.2) is 115 Å². The zero-order chi connectivity index (χ0) is 22.5. The van der Waals surface area contributed by atoms with Gasteiger partial charge < -0.3 is 10.1 Å². The summed E-state index contributed by atoms with van der Waals surface area (Å²) in [6.45, 7) is 0.498. The maximum atomic E-state index is 13.2. The number of anilines is 1. The van der Waals surface area contributed by atoms with Crippen LogP contribution < -0.4 is 10.1 Å². The van der Waals surface area contributed by atoms with Crippen molar-refractivity contribution in [3.63, 3.8) is 0 Å². The number of nitrogens with zero attached hydrogens (tertiary/aromatic N) is 1. The van der Waals surface area contributed by atoms with E-state index in [1.165, 1.54) is 0 Å². The Morgan fingerprint density at radius 3 is 2.18 bits per heavy atom. The van der Waals surface area contributed by atoms with Gasteiger partial charge in [0, 0.05) is 16.6 Å². The van der Waals surface area contributed by atoms with E-state index in [2.05, 4.69) is 5.32 Å². The number of aromatic nitrogens is 1. The molecule has 4 nitrogen and oxygen atoms in total. The third-order valence-electron chi connectivity index (χ3n) is 5.39. The molecule has 4 heteroatoms. The van der Waals surface area contributed by atoms with Gasteiger partial charge in [0.2, 0.25) is 0 Å². The number of hydrogen-bond acceptors (Lipinski definition) is 3. The van der Waals surface area contributed by atoms with Crippen LogP contribution in [0.3, 0.4) is 0 Å². The van der Waals surface area contributed by atoms with Gasteiger partial charge in [0.1, 0.15) is 12.4 Å². The topological polar surface area (TPSA) is 51.2 Å². The normalized spacial score (nSPS) is 10.7. The van der Waals surface area contributed by atoms with Crippen molar-refractivity contribution in [3.8, 4) is 17.0 Å². The Hall–Kier alpha value is -4.44. The van der Waals surface area contributed by atoms with E-state index >= 15 is 0 Å². The Labute approximate surface area is 192 Å². The molecule has 1 amide bonds. The fourth-order valence-electron chi connectivity index (χ4n) is 3.69. The molecule has 1 aromatic heterocycles. The lowest BCUT2D eigenvalue weighted by Crippen LogP contribution is -2.13. The van der Waals surface area contributed by atoms with Crippen LogP contribution in [0.5, 0.6) is 5.75 Å². The van der Waals surface area contributed by atoms with E-state index in [0.29, 0.717) is 17.9 Å². The second-order valence-electron chi connectivity index (χ2n) is 7.69. The summed E-state index contributed by atoms with van der Waals surface area (Å²) in [4.78, 5) is 18.0. The second kappa shape index (κ2) is 9.37. The molecule has 0 saturated heterocycles. The maximum absolute atomic E-state index is 13.2. The highest BCUT2D eigenvalue weighted by atomic mass is 16.5. The maximum Gasteiger partial charge on any atom is 0.256 e. The van der Waals surface area contributed by atoms with E-state index < -0.39 is 0 Å². The first kappa shape index (κ1) is 20.5. The molecule has 0 saturated carbocycles. The molecule has 0 unspecified atom stereocenters. The average molecular weight is 431 g/mol. The molecule has 0 radical (unpaired) electrons. The summed E-state index contributed by atoms with van der Waals surface area (Å²) in [6.07, 6.45) is 0. The molecule has 160 valence electrons. The monoisotopic (exact) mass is 430 g/mol. The van der Waals surface area contributed by atoms with Crippen LogP contribution in [0.4, 0.5) is 5.69 Å². The highest BCUT2D eigenvalue weighted by molar-refractivity contribution is 6.13. The molecule has 0 fully saturated rings. The Morgan fingerprint density at radius 1 is 0.758 bits per heavy atom. The quantitative estimate of drug-likeness (QED) is 0.325. The van der Waals surface area contributed by atoms with Crippen molar-refractivity contribution in [2.45, 2.75) is 6.61 Å². The zero-order valence-corrected chi connectivity index (χ0v) is 17.9. The molecule has 5 aromatic rings. The third kappa shape index (κ3) is 4.75. The molecule has 33 heavy (non-hydrogen) atoms. The Morgan fingerprint density at radius 2 is 1.42 bits per heavy atom. The molecule has 1 heterocycles. The fourth-order valence-corrected chi connectivity index (χ4v) is 3.69. The van der Waals surface area contributed by atoms with Gasteiger partial charge in [-0.05, 0) is 42.0 Å². The number of carbonyl (C=O) groups excluding carboxylic acids is 1.